The lowest BCUT2D eigenvalue weighted by atomic mass is 10.1. The Hall–Kier alpha value is -1.13. The molecule has 5 heteroatoms. The number of rotatable bonds is 2. The smallest absolute Gasteiger partial charge is 0.276 e. The van der Waals surface area contributed by atoms with E-state index >= 15 is 0 Å². The zero-order valence-corrected chi connectivity index (χ0v) is 7.65. The minimum atomic E-state index is -0.936. The van der Waals surface area contributed by atoms with E-state index in [2.05, 4.69) is 0 Å². The van der Waals surface area contributed by atoms with E-state index in [9.17, 15) is 15.2 Å². The summed E-state index contributed by atoms with van der Waals surface area (Å²) in [4.78, 5) is 9.95. The van der Waals surface area contributed by atoms with Crippen LogP contribution in [-0.2, 0) is 0 Å². The summed E-state index contributed by atoms with van der Waals surface area (Å²) in [5, 5.41) is 20.0. The van der Waals surface area contributed by atoms with Crippen molar-refractivity contribution in [3.63, 3.8) is 0 Å². The first kappa shape index (κ1) is 9.95. The number of hydrogen-bond acceptors (Lipinski definition) is 3. The molecule has 1 rings (SSSR count). The molecule has 0 fully saturated rings. The fourth-order valence-corrected chi connectivity index (χ4v) is 1.43. The molecule has 0 saturated heterocycles. The summed E-state index contributed by atoms with van der Waals surface area (Å²) in [6, 6.07) is 4.30. The number of nitrogens with zero attached hydrogens (tertiary/aromatic N) is 1. The van der Waals surface area contributed by atoms with E-state index in [0.717, 1.165) is 0 Å². The molecule has 1 N–H and O–H groups in total. The van der Waals surface area contributed by atoms with Crippen LogP contribution in [0, 0.1) is 10.1 Å². The highest BCUT2D eigenvalue weighted by atomic mass is 35.5. The maximum Gasteiger partial charge on any atom is 0.276 e. The molecule has 0 heterocycles. The van der Waals surface area contributed by atoms with E-state index in [0.29, 0.717) is 0 Å². The van der Waals surface area contributed by atoms with Crippen LogP contribution in [0.5, 0.6) is 0 Å². The van der Waals surface area contributed by atoms with E-state index < -0.39 is 11.0 Å². The zero-order chi connectivity index (χ0) is 10.0. The van der Waals surface area contributed by atoms with E-state index in [1.54, 1.807) is 0 Å². The van der Waals surface area contributed by atoms with Crippen molar-refractivity contribution in [2.24, 2.45) is 0 Å². The standard InChI is InChI=1S/C8H8ClNO3/c1-5(11)8-6(9)3-2-4-7(8)10(12)13/h2-5,11H,1H3/t5-/m1/s1. The van der Waals surface area contributed by atoms with Gasteiger partial charge in [0, 0.05) is 6.07 Å². The Bertz CT molecular complexity index is 338. The van der Waals surface area contributed by atoms with Crippen molar-refractivity contribution in [3.05, 3.63) is 38.9 Å². The molecule has 0 aliphatic heterocycles. The number of hydrogen-bond donors (Lipinski definition) is 1. The highest BCUT2D eigenvalue weighted by molar-refractivity contribution is 6.31. The predicted octanol–water partition coefficient (Wildman–Crippen LogP) is 2.30. The summed E-state index contributed by atoms with van der Waals surface area (Å²) >= 11 is 5.70. The lowest BCUT2D eigenvalue weighted by molar-refractivity contribution is -0.386. The molecule has 1 aromatic rings. The molecule has 4 nitrogen and oxygen atoms in total. The van der Waals surface area contributed by atoms with Gasteiger partial charge in [0.05, 0.1) is 21.6 Å². The van der Waals surface area contributed by atoms with Gasteiger partial charge in [-0.05, 0) is 13.0 Å². The Labute approximate surface area is 79.9 Å². The van der Waals surface area contributed by atoms with Gasteiger partial charge in [0.1, 0.15) is 0 Å². The van der Waals surface area contributed by atoms with E-state index in [1.807, 2.05) is 0 Å². The molecule has 0 aromatic heterocycles. The number of aliphatic hydroxyl groups excluding tert-OH is 1. The highest BCUT2D eigenvalue weighted by Crippen LogP contribution is 2.31. The van der Waals surface area contributed by atoms with Gasteiger partial charge in [-0.25, -0.2) is 0 Å². The number of aliphatic hydroxyl groups is 1. The highest BCUT2D eigenvalue weighted by Gasteiger charge is 2.19. The van der Waals surface area contributed by atoms with Crippen molar-refractivity contribution in [2.75, 3.05) is 0 Å². The summed E-state index contributed by atoms with van der Waals surface area (Å²) in [7, 11) is 0. The zero-order valence-electron chi connectivity index (χ0n) is 6.90. The van der Waals surface area contributed by atoms with Gasteiger partial charge in [-0.3, -0.25) is 10.1 Å². The second-order valence-electron chi connectivity index (χ2n) is 2.61. The van der Waals surface area contributed by atoms with Crippen LogP contribution in [0.4, 0.5) is 5.69 Å². The van der Waals surface area contributed by atoms with Crippen LogP contribution in [0.25, 0.3) is 0 Å². The third-order valence-electron chi connectivity index (χ3n) is 1.64. The predicted molar refractivity (Wildman–Crippen MR) is 48.7 cm³/mol. The van der Waals surface area contributed by atoms with Gasteiger partial charge in [-0.15, -0.1) is 0 Å². The topological polar surface area (TPSA) is 63.4 Å². The van der Waals surface area contributed by atoms with Crippen molar-refractivity contribution in [3.8, 4) is 0 Å². The average Bonchev–Trinajstić information content (AvgIpc) is 2.02. The Balaban J connectivity index is 3.34. The first-order chi connectivity index (χ1) is 6.04. The van der Waals surface area contributed by atoms with Gasteiger partial charge in [0.25, 0.3) is 5.69 Å². The van der Waals surface area contributed by atoms with Crippen LogP contribution < -0.4 is 0 Å². The third-order valence-corrected chi connectivity index (χ3v) is 1.97. The quantitative estimate of drug-likeness (QED) is 0.590. The number of halogens is 1. The first-order valence-corrected chi connectivity index (χ1v) is 4.02. The summed E-state index contributed by atoms with van der Waals surface area (Å²) in [5.74, 6) is 0. The second kappa shape index (κ2) is 3.72. The first-order valence-electron chi connectivity index (χ1n) is 3.65. The minimum Gasteiger partial charge on any atom is -0.388 e. The van der Waals surface area contributed by atoms with E-state index in [-0.39, 0.29) is 16.3 Å². The largest absolute Gasteiger partial charge is 0.388 e. The second-order valence-corrected chi connectivity index (χ2v) is 3.01. The third kappa shape index (κ3) is 1.96. The van der Waals surface area contributed by atoms with Crippen LogP contribution in [-0.4, -0.2) is 10.0 Å². The van der Waals surface area contributed by atoms with Crippen LogP contribution >= 0.6 is 11.6 Å². The maximum absolute atomic E-state index is 10.5. The molecule has 0 aliphatic rings. The molecule has 0 unspecified atom stereocenters. The molecule has 0 saturated carbocycles. The Morgan fingerprint density at radius 2 is 2.23 bits per heavy atom. The summed E-state index contributed by atoms with van der Waals surface area (Å²) in [6.45, 7) is 1.44. The molecular formula is C8H8ClNO3. The molecule has 13 heavy (non-hydrogen) atoms. The summed E-state index contributed by atoms with van der Waals surface area (Å²) in [5.41, 5.74) is 0.0108. The minimum absolute atomic E-state index is 0.150. The van der Waals surface area contributed by atoms with Gasteiger partial charge in [-0.1, -0.05) is 17.7 Å². The fraction of sp³-hybridized carbons (Fsp3) is 0.250. The van der Waals surface area contributed by atoms with Gasteiger partial charge in [-0.2, -0.15) is 0 Å². The summed E-state index contributed by atoms with van der Waals surface area (Å²) < 4.78 is 0. The lowest BCUT2D eigenvalue weighted by Gasteiger charge is -2.06. The molecule has 0 bridgehead atoms. The van der Waals surface area contributed by atoms with Crippen molar-refractivity contribution >= 4 is 17.3 Å². The Morgan fingerprint density at radius 1 is 1.62 bits per heavy atom. The Kier molecular flexibility index (Phi) is 2.85. The van der Waals surface area contributed by atoms with Crippen molar-refractivity contribution in [1.82, 2.24) is 0 Å². The van der Waals surface area contributed by atoms with E-state index in [1.165, 1.54) is 25.1 Å². The SMILES string of the molecule is C[C@@H](O)c1c(Cl)cccc1[N+](=O)[O-]. The molecule has 0 radical (unpaired) electrons. The van der Waals surface area contributed by atoms with Crippen LogP contribution in [0.3, 0.4) is 0 Å². The lowest BCUT2D eigenvalue weighted by Crippen LogP contribution is -1.99. The molecule has 0 aliphatic carbocycles. The Morgan fingerprint density at radius 3 is 2.62 bits per heavy atom. The fourth-order valence-electron chi connectivity index (χ4n) is 1.10. The van der Waals surface area contributed by atoms with Crippen LogP contribution in [0.1, 0.15) is 18.6 Å². The molecular weight excluding hydrogens is 194 g/mol. The van der Waals surface area contributed by atoms with Crippen molar-refractivity contribution < 1.29 is 10.0 Å². The normalized spacial score (nSPS) is 12.5. The molecule has 1 aromatic carbocycles. The molecule has 0 spiro atoms. The van der Waals surface area contributed by atoms with Gasteiger partial charge in [0.15, 0.2) is 0 Å². The number of benzene rings is 1. The molecule has 70 valence electrons. The van der Waals surface area contributed by atoms with Crippen LogP contribution in [0.2, 0.25) is 5.02 Å². The van der Waals surface area contributed by atoms with Gasteiger partial charge in [0.2, 0.25) is 0 Å². The molecule has 1 atom stereocenters. The summed E-state index contributed by atoms with van der Waals surface area (Å²) in [6.07, 6.45) is -0.936. The number of nitro benzene ring substituents is 1. The van der Waals surface area contributed by atoms with Gasteiger partial charge >= 0.3 is 0 Å². The van der Waals surface area contributed by atoms with Crippen molar-refractivity contribution in [1.29, 1.82) is 0 Å². The van der Waals surface area contributed by atoms with Crippen LogP contribution in [0.15, 0.2) is 18.2 Å². The van der Waals surface area contributed by atoms with Gasteiger partial charge < -0.3 is 5.11 Å². The monoisotopic (exact) mass is 201 g/mol. The van der Waals surface area contributed by atoms with E-state index in [4.69, 9.17) is 11.6 Å². The molecule has 0 amide bonds. The van der Waals surface area contributed by atoms with Crippen molar-refractivity contribution in [2.45, 2.75) is 13.0 Å². The maximum atomic E-state index is 10.5. The average molecular weight is 202 g/mol. The number of nitro groups is 1.